The second-order valence-corrected chi connectivity index (χ2v) is 6.23. The molecule has 0 aliphatic heterocycles. The molecule has 0 spiro atoms. The fraction of sp³-hybridized carbons (Fsp3) is 0.611. The minimum atomic E-state index is -0.209. The van der Waals surface area contributed by atoms with Crippen LogP contribution >= 0.6 is 0 Å². The molecule has 1 saturated carbocycles. The van der Waals surface area contributed by atoms with Crippen molar-refractivity contribution in [1.29, 1.82) is 0 Å². The average molecular weight is 289 g/mol. The minimum Gasteiger partial charge on any atom is -0.466 e. The lowest BCUT2D eigenvalue weighted by Gasteiger charge is -2.27. The predicted molar refractivity (Wildman–Crippen MR) is 85.0 cm³/mol. The van der Waals surface area contributed by atoms with E-state index in [1.54, 1.807) is 0 Å². The van der Waals surface area contributed by atoms with Gasteiger partial charge in [0.15, 0.2) is 0 Å². The van der Waals surface area contributed by atoms with Crippen molar-refractivity contribution in [3.63, 3.8) is 0 Å². The Hall–Kier alpha value is -1.35. The van der Waals surface area contributed by atoms with E-state index >= 15 is 0 Å². The first kappa shape index (κ1) is 16.0. The van der Waals surface area contributed by atoms with E-state index in [1.165, 1.54) is 50.2 Å². The van der Waals surface area contributed by atoms with E-state index in [4.69, 9.17) is 10.5 Å². The van der Waals surface area contributed by atoms with Crippen LogP contribution in [0, 0.1) is 11.8 Å². The summed E-state index contributed by atoms with van der Waals surface area (Å²) >= 11 is 0. The quantitative estimate of drug-likeness (QED) is 0.819. The van der Waals surface area contributed by atoms with Gasteiger partial charge >= 0.3 is 5.97 Å². The fourth-order valence-electron chi connectivity index (χ4n) is 3.16. The van der Waals surface area contributed by atoms with Crippen molar-refractivity contribution < 1.29 is 9.53 Å². The molecule has 2 rings (SSSR count). The number of hydrogen-bond acceptors (Lipinski definition) is 3. The first-order chi connectivity index (χ1) is 10.2. The molecule has 0 bridgehead atoms. The molecule has 1 fully saturated rings. The lowest BCUT2D eigenvalue weighted by Crippen LogP contribution is -2.22. The highest BCUT2D eigenvalue weighted by Crippen LogP contribution is 2.30. The first-order valence-corrected chi connectivity index (χ1v) is 8.08. The summed E-state index contributed by atoms with van der Waals surface area (Å²) in [5.41, 5.74) is 8.39. The van der Waals surface area contributed by atoms with Gasteiger partial charge in [-0.2, -0.15) is 0 Å². The molecule has 0 atom stereocenters. The van der Waals surface area contributed by atoms with Gasteiger partial charge in [-0.05, 0) is 61.6 Å². The van der Waals surface area contributed by atoms with Crippen LogP contribution in [0.4, 0.5) is 0 Å². The second-order valence-electron chi connectivity index (χ2n) is 6.23. The fourth-order valence-corrected chi connectivity index (χ4v) is 3.16. The second kappa shape index (κ2) is 8.18. The molecule has 0 unspecified atom stereocenters. The molecule has 0 amide bonds. The summed E-state index contributed by atoms with van der Waals surface area (Å²) in [6.45, 7) is 2.77. The van der Waals surface area contributed by atoms with Crippen molar-refractivity contribution >= 4 is 5.97 Å². The highest BCUT2D eigenvalue weighted by Gasteiger charge is 2.20. The average Bonchev–Trinajstić information content (AvgIpc) is 2.49. The zero-order valence-electron chi connectivity index (χ0n) is 13.0. The van der Waals surface area contributed by atoms with Crippen LogP contribution in [0.2, 0.25) is 0 Å². The lowest BCUT2D eigenvalue weighted by molar-refractivity contribution is -0.140. The molecular weight excluding hydrogens is 262 g/mol. The minimum absolute atomic E-state index is 0.209. The topological polar surface area (TPSA) is 52.3 Å². The largest absolute Gasteiger partial charge is 0.466 e. The Morgan fingerprint density at radius 3 is 2.24 bits per heavy atom. The van der Waals surface area contributed by atoms with E-state index in [1.807, 2.05) is 0 Å². The molecule has 1 aliphatic carbocycles. The van der Waals surface area contributed by atoms with Crippen molar-refractivity contribution in [3.05, 3.63) is 35.4 Å². The summed E-state index contributed by atoms with van der Waals surface area (Å²) in [7, 11) is 0. The summed E-state index contributed by atoms with van der Waals surface area (Å²) in [6.07, 6.45) is 7.19. The standard InChI is InChI=1S/C18H27NO2/c1-14(20)21-11-10-15-2-4-16(5-3-15)12-17-6-8-18(13-19)9-7-17/h2-5,17-18H,6-13,19H2,1H3. The van der Waals surface area contributed by atoms with Crippen molar-refractivity contribution in [2.24, 2.45) is 17.6 Å². The summed E-state index contributed by atoms with van der Waals surface area (Å²) in [6, 6.07) is 8.75. The van der Waals surface area contributed by atoms with Crippen LogP contribution in [0.25, 0.3) is 0 Å². The van der Waals surface area contributed by atoms with Crippen LogP contribution in [0.5, 0.6) is 0 Å². The Bertz CT molecular complexity index is 433. The zero-order chi connectivity index (χ0) is 15.1. The van der Waals surface area contributed by atoms with Crippen molar-refractivity contribution in [2.75, 3.05) is 13.2 Å². The first-order valence-electron chi connectivity index (χ1n) is 8.08. The Balaban J connectivity index is 1.76. The van der Waals surface area contributed by atoms with E-state index in [0.29, 0.717) is 6.61 Å². The maximum Gasteiger partial charge on any atom is 0.302 e. The molecule has 3 heteroatoms. The molecule has 0 aromatic heterocycles. The maximum atomic E-state index is 10.7. The van der Waals surface area contributed by atoms with Gasteiger partial charge in [0.1, 0.15) is 0 Å². The number of esters is 1. The summed E-state index contributed by atoms with van der Waals surface area (Å²) < 4.78 is 4.97. The number of nitrogens with two attached hydrogens (primary N) is 1. The van der Waals surface area contributed by atoms with Gasteiger partial charge in [0.25, 0.3) is 0 Å². The van der Waals surface area contributed by atoms with Crippen molar-refractivity contribution in [2.45, 2.75) is 45.4 Å². The van der Waals surface area contributed by atoms with Crippen LogP contribution < -0.4 is 5.73 Å². The van der Waals surface area contributed by atoms with Crippen molar-refractivity contribution in [1.82, 2.24) is 0 Å². The van der Waals surface area contributed by atoms with Gasteiger partial charge in [0.2, 0.25) is 0 Å². The van der Waals surface area contributed by atoms with Crippen LogP contribution in [0.15, 0.2) is 24.3 Å². The molecule has 2 N–H and O–H groups in total. The third kappa shape index (κ3) is 5.50. The van der Waals surface area contributed by atoms with Gasteiger partial charge in [0, 0.05) is 13.3 Å². The predicted octanol–water partition coefficient (Wildman–Crippen LogP) is 3.10. The van der Waals surface area contributed by atoms with Gasteiger partial charge in [-0.3, -0.25) is 4.79 Å². The Labute approximate surface area is 127 Å². The molecule has 21 heavy (non-hydrogen) atoms. The molecule has 116 valence electrons. The number of carbonyl (C=O) groups is 1. The molecular formula is C18H27NO2. The van der Waals surface area contributed by atoms with Crippen molar-refractivity contribution in [3.8, 4) is 0 Å². The van der Waals surface area contributed by atoms with E-state index in [-0.39, 0.29) is 5.97 Å². The van der Waals surface area contributed by atoms with E-state index in [2.05, 4.69) is 24.3 Å². The molecule has 1 aliphatic rings. The summed E-state index contributed by atoms with van der Waals surface area (Å²) in [5.74, 6) is 1.37. The Morgan fingerprint density at radius 2 is 1.67 bits per heavy atom. The monoisotopic (exact) mass is 289 g/mol. The molecule has 3 nitrogen and oxygen atoms in total. The third-order valence-corrected chi connectivity index (χ3v) is 4.54. The van der Waals surface area contributed by atoms with Crippen LogP contribution in [0.3, 0.4) is 0 Å². The molecule has 1 aromatic carbocycles. The number of rotatable bonds is 6. The third-order valence-electron chi connectivity index (χ3n) is 4.54. The SMILES string of the molecule is CC(=O)OCCc1ccc(CC2CCC(CN)CC2)cc1. The Morgan fingerprint density at radius 1 is 1.10 bits per heavy atom. The highest BCUT2D eigenvalue weighted by molar-refractivity contribution is 5.65. The number of hydrogen-bond donors (Lipinski definition) is 1. The van der Waals surface area contributed by atoms with Crippen LogP contribution in [0.1, 0.15) is 43.7 Å². The Kier molecular flexibility index (Phi) is 6.24. The molecule has 0 heterocycles. The van der Waals surface area contributed by atoms with Gasteiger partial charge in [0.05, 0.1) is 6.61 Å². The van der Waals surface area contributed by atoms with Gasteiger partial charge in [-0.15, -0.1) is 0 Å². The molecule has 0 saturated heterocycles. The lowest BCUT2D eigenvalue weighted by atomic mass is 9.79. The summed E-state index contributed by atoms with van der Waals surface area (Å²) in [5, 5.41) is 0. The number of carbonyl (C=O) groups excluding carboxylic acids is 1. The zero-order valence-corrected chi connectivity index (χ0v) is 13.0. The van der Waals surface area contributed by atoms with E-state index in [9.17, 15) is 4.79 Å². The van der Waals surface area contributed by atoms with E-state index < -0.39 is 0 Å². The number of ether oxygens (including phenoxy) is 1. The van der Waals surface area contributed by atoms with Gasteiger partial charge in [-0.1, -0.05) is 24.3 Å². The highest BCUT2D eigenvalue weighted by atomic mass is 16.5. The smallest absolute Gasteiger partial charge is 0.302 e. The van der Waals surface area contributed by atoms with Gasteiger partial charge in [-0.25, -0.2) is 0 Å². The maximum absolute atomic E-state index is 10.7. The van der Waals surface area contributed by atoms with E-state index in [0.717, 1.165) is 24.8 Å². The van der Waals surface area contributed by atoms with Gasteiger partial charge < -0.3 is 10.5 Å². The van der Waals surface area contributed by atoms with Crippen LogP contribution in [-0.4, -0.2) is 19.1 Å². The molecule has 1 aromatic rings. The summed E-state index contributed by atoms with van der Waals surface area (Å²) in [4.78, 5) is 10.7. The number of benzene rings is 1. The molecule has 0 radical (unpaired) electrons. The normalized spacial score (nSPS) is 22.0. The van der Waals surface area contributed by atoms with Crippen LogP contribution in [-0.2, 0) is 22.4 Å².